The van der Waals surface area contributed by atoms with E-state index in [-0.39, 0.29) is 4.90 Å². The minimum absolute atomic E-state index is 0.0640. The maximum Gasteiger partial charge on any atom is 0.238 e. The molecule has 22 heavy (non-hydrogen) atoms. The van der Waals surface area contributed by atoms with Crippen molar-refractivity contribution in [3.63, 3.8) is 0 Å². The Morgan fingerprint density at radius 1 is 1.36 bits per heavy atom. The Morgan fingerprint density at radius 2 is 2.18 bits per heavy atom. The largest absolute Gasteiger partial charge is 0.383 e. The van der Waals surface area contributed by atoms with Crippen LogP contribution in [-0.2, 0) is 21.3 Å². The van der Waals surface area contributed by atoms with Crippen molar-refractivity contribution in [1.82, 2.24) is 9.55 Å². The number of fused-ring (bicyclic) bond motifs is 1. The van der Waals surface area contributed by atoms with Crippen LogP contribution in [0.5, 0.6) is 0 Å². The molecule has 0 spiro atoms. The van der Waals surface area contributed by atoms with Gasteiger partial charge in [0, 0.05) is 13.7 Å². The lowest BCUT2D eigenvalue weighted by Gasteiger charge is -2.07. The van der Waals surface area contributed by atoms with Gasteiger partial charge in [-0.1, -0.05) is 6.07 Å². The van der Waals surface area contributed by atoms with Gasteiger partial charge >= 0.3 is 0 Å². The summed E-state index contributed by atoms with van der Waals surface area (Å²) in [7, 11) is -2.10. The second kappa shape index (κ2) is 5.81. The molecule has 1 aromatic carbocycles. The number of ether oxygens (including phenoxy) is 1. The first-order chi connectivity index (χ1) is 10.5. The maximum absolute atomic E-state index is 11.5. The number of sulfonamides is 1. The number of methoxy groups -OCH3 is 1. The summed E-state index contributed by atoms with van der Waals surface area (Å²) in [5, 5.41) is 7.16. The van der Waals surface area contributed by atoms with Crippen molar-refractivity contribution in [2.45, 2.75) is 11.4 Å². The number of aromatic nitrogens is 2. The summed E-state index contributed by atoms with van der Waals surface area (Å²) in [6, 6.07) is 8.67. The van der Waals surface area contributed by atoms with Crippen LogP contribution in [0.15, 0.2) is 40.6 Å². The lowest BCUT2D eigenvalue weighted by atomic mass is 10.3. The Bertz CT molecular complexity index is 899. The summed E-state index contributed by atoms with van der Waals surface area (Å²) in [6.07, 6.45) is 0. The summed E-state index contributed by atoms with van der Waals surface area (Å²) < 4.78 is 30.2. The number of hydrogen-bond donors (Lipinski definition) is 1. The minimum atomic E-state index is -3.74. The zero-order valence-electron chi connectivity index (χ0n) is 11.9. The van der Waals surface area contributed by atoms with Gasteiger partial charge in [-0.3, -0.25) is 0 Å². The van der Waals surface area contributed by atoms with Gasteiger partial charge in [0.25, 0.3) is 0 Å². The van der Waals surface area contributed by atoms with Crippen LogP contribution in [0.25, 0.3) is 21.7 Å². The van der Waals surface area contributed by atoms with Crippen LogP contribution in [0.2, 0.25) is 0 Å². The molecule has 6 nitrogen and oxygen atoms in total. The molecule has 0 radical (unpaired) electrons. The van der Waals surface area contributed by atoms with E-state index in [1.807, 2.05) is 22.1 Å². The average molecular weight is 337 g/mol. The van der Waals surface area contributed by atoms with Gasteiger partial charge in [0.05, 0.1) is 27.4 Å². The number of imidazole rings is 1. The predicted octanol–water partition coefficient (Wildman–Crippen LogP) is 2.06. The molecule has 0 atom stereocenters. The third kappa shape index (κ3) is 2.78. The van der Waals surface area contributed by atoms with E-state index in [4.69, 9.17) is 9.88 Å². The summed E-state index contributed by atoms with van der Waals surface area (Å²) in [5.74, 6) is 0.800. The molecule has 116 valence electrons. The van der Waals surface area contributed by atoms with Crippen molar-refractivity contribution >= 4 is 32.4 Å². The van der Waals surface area contributed by atoms with Crippen LogP contribution in [0.4, 0.5) is 0 Å². The highest BCUT2D eigenvalue weighted by molar-refractivity contribution is 7.89. The van der Waals surface area contributed by atoms with E-state index in [0.29, 0.717) is 18.7 Å². The molecule has 0 aliphatic carbocycles. The molecule has 2 heterocycles. The van der Waals surface area contributed by atoms with Crippen LogP contribution >= 0.6 is 11.3 Å². The van der Waals surface area contributed by atoms with E-state index < -0.39 is 10.0 Å². The summed E-state index contributed by atoms with van der Waals surface area (Å²) in [6.45, 7) is 1.18. The monoisotopic (exact) mass is 337 g/mol. The Balaban J connectivity index is 2.21. The molecule has 2 N–H and O–H groups in total. The highest BCUT2D eigenvalue weighted by Crippen LogP contribution is 2.29. The molecule has 3 aromatic rings. The number of primary sulfonamides is 1. The minimum Gasteiger partial charge on any atom is -0.383 e. The van der Waals surface area contributed by atoms with Crippen LogP contribution in [0.3, 0.4) is 0 Å². The van der Waals surface area contributed by atoms with Crippen molar-refractivity contribution in [1.29, 1.82) is 0 Å². The number of nitrogens with zero attached hydrogens (tertiary/aromatic N) is 2. The van der Waals surface area contributed by atoms with Gasteiger partial charge in [-0.2, -0.15) is 0 Å². The topological polar surface area (TPSA) is 87.2 Å². The first-order valence-electron chi connectivity index (χ1n) is 6.56. The smallest absolute Gasteiger partial charge is 0.238 e. The normalized spacial score (nSPS) is 12.1. The third-order valence-corrected chi connectivity index (χ3v) is 5.09. The predicted molar refractivity (Wildman–Crippen MR) is 86.3 cm³/mol. The first-order valence-corrected chi connectivity index (χ1v) is 8.99. The highest BCUT2D eigenvalue weighted by Gasteiger charge is 2.16. The van der Waals surface area contributed by atoms with E-state index in [0.717, 1.165) is 16.2 Å². The van der Waals surface area contributed by atoms with E-state index >= 15 is 0 Å². The molecule has 0 saturated carbocycles. The fraction of sp³-hybridized carbons (Fsp3) is 0.214. The van der Waals surface area contributed by atoms with E-state index in [2.05, 4.69) is 4.98 Å². The molecular weight excluding hydrogens is 322 g/mol. The Labute approximate surface area is 132 Å². The van der Waals surface area contributed by atoms with Crippen LogP contribution in [0.1, 0.15) is 0 Å². The fourth-order valence-electron chi connectivity index (χ4n) is 2.29. The van der Waals surface area contributed by atoms with Crippen molar-refractivity contribution in [2.75, 3.05) is 13.7 Å². The average Bonchev–Trinajstić information content (AvgIpc) is 3.10. The number of benzene rings is 1. The van der Waals surface area contributed by atoms with Gasteiger partial charge < -0.3 is 9.30 Å². The van der Waals surface area contributed by atoms with Crippen molar-refractivity contribution in [3.8, 4) is 10.7 Å². The number of nitrogens with two attached hydrogens (primary N) is 1. The lowest BCUT2D eigenvalue weighted by Crippen LogP contribution is -2.12. The maximum atomic E-state index is 11.5. The molecule has 0 bridgehead atoms. The fourth-order valence-corrected chi connectivity index (χ4v) is 3.55. The van der Waals surface area contributed by atoms with Gasteiger partial charge in [-0.15, -0.1) is 11.3 Å². The molecule has 2 aromatic heterocycles. The summed E-state index contributed by atoms with van der Waals surface area (Å²) in [4.78, 5) is 5.66. The standard InChI is InChI=1S/C14H15N3O3S2/c1-20-7-6-17-12-5-4-10(22(15,18)19)9-11(12)16-14(17)13-3-2-8-21-13/h2-5,8-9H,6-7H2,1H3,(H2,15,18,19). The van der Waals surface area contributed by atoms with Crippen LogP contribution in [0, 0.1) is 0 Å². The zero-order valence-corrected chi connectivity index (χ0v) is 13.5. The molecule has 3 rings (SSSR count). The second-order valence-electron chi connectivity index (χ2n) is 4.75. The number of thiophene rings is 1. The molecule has 0 saturated heterocycles. The van der Waals surface area contributed by atoms with Crippen molar-refractivity contribution < 1.29 is 13.2 Å². The van der Waals surface area contributed by atoms with Gasteiger partial charge in [-0.05, 0) is 29.6 Å². The molecule has 0 amide bonds. The molecule has 0 unspecified atom stereocenters. The van der Waals surface area contributed by atoms with Gasteiger partial charge in [0.15, 0.2) is 5.82 Å². The molecule has 0 aliphatic rings. The first kappa shape index (κ1) is 15.2. The second-order valence-corrected chi connectivity index (χ2v) is 7.26. The summed E-state index contributed by atoms with van der Waals surface area (Å²) in [5.41, 5.74) is 1.46. The molecule has 8 heteroatoms. The Kier molecular flexibility index (Phi) is 4.00. The zero-order chi connectivity index (χ0) is 15.7. The number of rotatable bonds is 5. The Hall–Kier alpha value is -1.74. The van der Waals surface area contributed by atoms with E-state index in [1.54, 1.807) is 24.5 Å². The van der Waals surface area contributed by atoms with Gasteiger partial charge in [-0.25, -0.2) is 18.5 Å². The Morgan fingerprint density at radius 3 is 2.82 bits per heavy atom. The van der Waals surface area contributed by atoms with Crippen LogP contribution in [-0.4, -0.2) is 31.7 Å². The third-order valence-electron chi connectivity index (χ3n) is 3.31. The van der Waals surface area contributed by atoms with E-state index in [9.17, 15) is 8.42 Å². The van der Waals surface area contributed by atoms with E-state index in [1.165, 1.54) is 12.1 Å². The quantitative estimate of drug-likeness (QED) is 0.772. The van der Waals surface area contributed by atoms with Crippen molar-refractivity contribution in [3.05, 3.63) is 35.7 Å². The summed E-state index contributed by atoms with van der Waals surface area (Å²) >= 11 is 1.58. The molecule has 0 aliphatic heterocycles. The van der Waals surface area contributed by atoms with Crippen molar-refractivity contribution in [2.24, 2.45) is 5.14 Å². The lowest BCUT2D eigenvalue weighted by molar-refractivity contribution is 0.188. The van der Waals surface area contributed by atoms with Gasteiger partial charge in [0.2, 0.25) is 10.0 Å². The number of hydrogen-bond acceptors (Lipinski definition) is 5. The van der Waals surface area contributed by atoms with Gasteiger partial charge in [0.1, 0.15) is 0 Å². The highest BCUT2D eigenvalue weighted by atomic mass is 32.2. The molecule has 0 fully saturated rings. The molecular formula is C14H15N3O3S2. The SMILES string of the molecule is COCCn1c(-c2cccs2)nc2cc(S(N)(=O)=O)ccc21. The van der Waals surface area contributed by atoms with Crippen LogP contribution < -0.4 is 5.14 Å².